The highest BCUT2D eigenvalue weighted by Gasteiger charge is 2.25. The highest BCUT2D eigenvalue weighted by molar-refractivity contribution is 7.99. The molecule has 1 aliphatic rings. The lowest BCUT2D eigenvalue weighted by molar-refractivity contribution is 0.225. The first-order valence-corrected chi connectivity index (χ1v) is 11.5. The molecule has 3 aromatic rings. The van der Waals surface area contributed by atoms with Crippen molar-refractivity contribution in [2.24, 2.45) is 0 Å². The molecule has 1 N–H and O–H groups in total. The molecule has 0 aliphatic carbocycles. The second kappa shape index (κ2) is 8.84. The van der Waals surface area contributed by atoms with Gasteiger partial charge in [-0.05, 0) is 30.9 Å². The topological polar surface area (TPSA) is 59.9 Å². The Morgan fingerprint density at radius 1 is 1.07 bits per heavy atom. The number of benzene rings is 2. The predicted molar refractivity (Wildman–Crippen MR) is 116 cm³/mol. The van der Waals surface area contributed by atoms with E-state index in [4.69, 9.17) is 4.74 Å². The number of rotatable bonds is 6. The second-order valence-corrected chi connectivity index (χ2v) is 8.35. The number of hydrogen-bond donors (Lipinski definition) is 1. The van der Waals surface area contributed by atoms with Crippen LogP contribution >= 0.6 is 23.5 Å². The predicted octanol–water partition coefficient (Wildman–Crippen LogP) is 5.66. The maximum atomic E-state index is 6.30. The van der Waals surface area contributed by atoms with E-state index in [2.05, 4.69) is 57.9 Å². The molecule has 0 radical (unpaired) electrons. The van der Waals surface area contributed by atoms with Crippen molar-refractivity contribution in [1.82, 2.24) is 15.2 Å². The van der Waals surface area contributed by atoms with Crippen LogP contribution in [0.3, 0.4) is 0 Å². The first kappa shape index (κ1) is 19.1. The van der Waals surface area contributed by atoms with Crippen molar-refractivity contribution in [1.29, 1.82) is 0 Å². The van der Waals surface area contributed by atoms with Gasteiger partial charge in [0.2, 0.25) is 11.0 Å². The summed E-state index contributed by atoms with van der Waals surface area (Å²) >= 11 is 3.34. The largest absolute Gasteiger partial charge is 0.448 e. The van der Waals surface area contributed by atoms with E-state index >= 15 is 0 Å². The normalized spacial score (nSPS) is 15.0. The molecule has 1 aliphatic heterocycles. The molecule has 0 saturated carbocycles. The molecule has 0 spiro atoms. The van der Waals surface area contributed by atoms with Gasteiger partial charge in [-0.1, -0.05) is 55.4 Å². The van der Waals surface area contributed by atoms with Crippen molar-refractivity contribution in [2.45, 2.75) is 36.0 Å². The van der Waals surface area contributed by atoms with E-state index in [1.54, 1.807) is 23.5 Å². The Kier molecular flexibility index (Phi) is 6.02. The van der Waals surface area contributed by atoms with Crippen LogP contribution in [0.2, 0.25) is 0 Å². The number of thioether (sulfide) groups is 2. The van der Waals surface area contributed by atoms with Crippen LogP contribution < -0.4 is 10.1 Å². The average molecular weight is 411 g/mol. The summed E-state index contributed by atoms with van der Waals surface area (Å²) in [6, 6.07) is 16.4. The van der Waals surface area contributed by atoms with Gasteiger partial charge in [-0.15, -0.1) is 22.0 Å². The Balaban J connectivity index is 1.71. The fraction of sp³-hybridized carbons (Fsp3) is 0.286. The monoisotopic (exact) mass is 410 g/mol. The molecule has 144 valence electrons. The van der Waals surface area contributed by atoms with Crippen molar-refractivity contribution in [3.63, 3.8) is 0 Å². The molecular weight excluding hydrogens is 388 g/mol. The highest BCUT2D eigenvalue weighted by Crippen LogP contribution is 2.39. The standard InChI is InChI=1S/C21H22N4OS2/c1-3-4-13-28-21-23-20-18(24-25-21)16-7-5-6-8-17(16)22-19(26-20)14-9-11-15(27-2)12-10-14/h5-12,19,22H,3-4,13H2,1-2H3/t19-/m1/s1. The summed E-state index contributed by atoms with van der Waals surface area (Å²) in [7, 11) is 0. The molecule has 1 aromatic heterocycles. The number of para-hydroxylation sites is 1. The van der Waals surface area contributed by atoms with Crippen LogP contribution in [0.25, 0.3) is 11.3 Å². The average Bonchev–Trinajstić information content (AvgIpc) is 2.90. The Morgan fingerprint density at radius 3 is 2.68 bits per heavy atom. The van der Waals surface area contributed by atoms with Crippen LogP contribution in [0.1, 0.15) is 31.6 Å². The highest BCUT2D eigenvalue weighted by atomic mass is 32.2. The van der Waals surface area contributed by atoms with Gasteiger partial charge in [-0.2, -0.15) is 4.98 Å². The summed E-state index contributed by atoms with van der Waals surface area (Å²) in [5, 5.41) is 12.9. The molecule has 28 heavy (non-hydrogen) atoms. The van der Waals surface area contributed by atoms with Crippen LogP contribution in [0.4, 0.5) is 5.69 Å². The molecule has 2 heterocycles. The lowest BCUT2D eigenvalue weighted by Gasteiger charge is -2.19. The van der Waals surface area contributed by atoms with Gasteiger partial charge in [0.15, 0.2) is 11.9 Å². The number of unbranched alkanes of at least 4 members (excludes halogenated alkanes) is 1. The molecule has 0 bridgehead atoms. The van der Waals surface area contributed by atoms with E-state index in [0.29, 0.717) is 16.7 Å². The molecule has 5 nitrogen and oxygen atoms in total. The van der Waals surface area contributed by atoms with Crippen molar-refractivity contribution in [3.8, 4) is 17.1 Å². The minimum atomic E-state index is -0.344. The Bertz CT molecular complexity index is 949. The minimum Gasteiger partial charge on any atom is -0.448 e. The summed E-state index contributed by atoms with van der Waals surface area (Å²) in [6.45, 7) is 2.18. The van der Waals surface area contributed by atoms with Gasteiger partial charge < -0.3 is 10.1 Å². The quantitative estimate of drug-likeness (QED) is 0.416. The molecule has 2 aromatic carbocycles. The Hall–Kier alpha value is -2.25. The molecular formula is C21H22N4OS2. The molecule has 0 amide bonds. The summed E-state index contributed by atoms with van der Waals surface area (Å²) in [5.74, 6) is 1.50. The van der Waals surface area contributed by atoms with Gasteiger partial charge in [0, 0.05) is 27.5 Å². The number of aromatic nitrogens is 3. The van der Waals surface area contributed by atoms with E-state index in [9.17, 15) is 0 Å². The summed E-state index contributed by atoms with van der Waals surface area (Å²) in [4.78, 5) is 5.90. The third kappa shape index (κ3) is 4.10. The van der Waals surface area contributed by atoms with Crippen LogP contribution in [-0.2, 0) is 0 Å². The van der Waals surface area contributed by atoms with Gasteiger partial charge in [0.05, 0.1) is 0 Å². The smallest absolute Gasteiger partial charge is 0.247 e. The van der Waals surface area contributed by atoms with Crippen LogP contribution in [0.5, 0.6) is 5.88 Å². The minimum absolute atomic E-state index is 0.344. The maximum Gasteiger partial charge on any atom is 0.247 e. The fourth-order valence-electron chi connectivity index (χ4n) is 2.95. The summed E-state index contributed by atoms with van der Waals surface area (Å²) < 4.78 is 6.30. The van der Waals surface area contributed by atoms with Crippen molar-refractivity contribution in [3.05, 3.63) is 54.1 Å². The molecule has 1 atom stereocenters. The fourth-order valence-corrected chi connectivity index (χ4v) is 4.22. The number of ether oxygens (including phenoxy) is 1. The summed E-state index contributed by atoms with van der Waals surface area (Å²) in [5.41, 5.74) is 3.62. The van der Waals surface area contributed by atoms with E-state index in [1.165, 1.54) is 4.90 Å². The van der Waals surface area contributed by atoms with Crippen molar-refractivity contribution in [2.75, 3.05) is 17.3 Å². The van der Waals surface area contributed by atoms with E-state index < -0.39 is 0 Å². The van der Waals surface area contributed by atoms with Gasteiger partial charge >= 0.3 is 0 Å². The van der Waals surface area contributed by atoms with Crippen LogP contribution in [-0.4, -0.2) is 27.2 Å². The molecule has 0 unspecified atom stereocenters. The zero-order chi connectivity index (χ0) is 19.3. The number of fused-ring (bicyclic) bond motifs is 3. The van der Waals surface area contributed by atoms with Gasteiger partial charge in [0.1, 0.15) is 0 Å². The third-order valence-corrected chi connectivity index (χ3v) is 6.15. The number of nitrogens with one attached hydrogen (secondary N) is 1. The molecule has 7 heteroatoms. The Morgan fingerprint density at radius 2 is 1.89 bits per heavy atom. The lowest BCUT2D eigenvalue weighted by atomic mass is 10.1. The first-order chi connectivity index (χ1) is 13.8. The summed E-state index contributed by atoms with van der Waals surface area (Å²) in [6.07, 6.45) is 4.00. The van der Waals surface area contributed by atoms with E-state index in [-0.39, 0.29) is 6.23 Å². The maximum absolute atomic E-state index is 6.30. The molecule has 0 saturated heterocycles. The van der Waals surface area contributed by atoms with Gasteiger partial charge in [-0.3, -0.25) is 0 Å². The number of anilines is 1. The lowest BCUT2D eigenvalue weighted by Crippen LogP contribution is -2.17. The van der Waals surface area contributed by atoms with Crippen molar-refractivity contribution < 1.29 is 4.74 Å². The number of hydrogen-bond acceptors (Lipinski definition) is 7. The Labute approximate surface area is 173 Å². The first-order valence-electron chi connectivity index (χ1n) is 9.32. The molecule has 0 fully saturated rings. The second-order valence-electron chi connectivity index (χ2n) is 6.41. The van der Waals surface area contributed by atoms with Crippen LogP contribution in [0, 0.1) is 0 Å². The van der Waals surface area contributed by atoms with E-state index in [1.807, 2.05) is 24.3 Å². The SMILES string of the molecule is CCCCSc1nnc2c(n1)O[C@H](c1ccc(SC)cc1)Nc1ccccc1-2. The zero-order valence-electron chi connectivity index (χ0n) is 15.9. The van der Waals surface area contributed by atoms with Gasteiger partial charge in [0.25, 0.3) is 0 Å². The molecule has 4 rings (SSSR count). The van der Waals surface area contributed by atoms with Crippen molar-refractivity contribution >= 4 is 29.2 Å². The third-order valence-electron chi connectivity index (χ3n) is 4.48. The zero-order valence-corrected chi connectivity index (χ0v) is 17.5. The van der Waals surface area contributed by atoms with Gasteiger partial charge in [-0.25, -0.2) is 0 Å². The van der Waals surface area contributed by atoms with E-state index in [0.717, 1.165) is 35.4 Å². The number of nitrogens with zero attached hydrogens (tertiary/aromatic N) is 3. The van der Waals surface area contributed by atoms with Crippen LogP contribution in [0.15, 0.2) is 58.6 Å².